The highest BCUT2D eigenvalue weighted by molar-refractivity contribution is 6.05. The molecule has 0 saturated heterocycles. The summed E-state index contributed by atoms with van der Waals surface area (Å²) in [5.41, 5.74) is -1.45. The second kappa shape index (κ2) is 6.87. The lowest BCUT2D eigenvalue weighted by molar-refractivity contribution is -0.138. The summed E-state index contributed by atoms with van der Waals surface area (Å²) in [5.74, 6) is -1.18. The van der Waals surface area contributed by atoms with E-state index >= 15 is 0 Å². The third kappa shape index (κ3) is 3.88. The minimum absolute atomic E-state index is 0.00630. The first kappa shape index (κ1) is 20.0. The van der Waals surface area contributed by atoms with Crippen molar-refractivity contribution in [1.29, 1.82) is 0 Å². The highest BCUT2D eigenvalue weighted by Crippen LogP contribution is 2.30. The first-order chi connectivity index (χ1) is 14.0. The van der Waals surface area contributed by atoms with Crippen molar-refractivity contribution < 1.29 is 27.1 Å². The third-order valence-corrected chi connectivity index (χ3v) is 4.34. The number of hydrogen-bond donors (Lipinski definition) is 1. The van der Waals surface area contributed by atoms with Crippen LogP contribution in [0.1, 0.15) is 19.4 Å². The number of anilines is 1. The Kier molecular flexibility index (Phi) is 4.57. The zero-order valence-corrected chi connectivity index (χ0v) is 15.7. The van der Waals surface area contributed by atoms with Gasteiger partial charge in [0, 0.05) is 36.1 Å². The van der Waals surface area contributed by atoms with Crippen LogP contribution in [0.25, 0.3) is 17.0 Å². The fraction of sp³-hybridized carbons (Fsp3) is 0.263. The van der Waals surface area contributed by atoms with Gasteiger partial charge in [0.25, 0.3) is 5.91 Å². The van der Waals surface area contributed by atoms with Gasteiger partial charge in [0.2, 0.25) is 5.78 Å². The maximum Gasteiger partial charge on any atom is 0.419 e. The summed E-state index contributed by atoms with van der Waals surface area (Å²) in [6.45, 7) is 3.41. The minimum atomic E-state index is -4.57. The number of nitrogens with zero attached hydrogens (tertiary/aromatic N) is 4. The number of alkyl halides is 3. The summed E-state index contributed by atoms with van der Waals surface area (Å²) in [4.78, 5) is 24.2. The van der Waals surface area contributed by atoms with Crippen LogP contribution in [0.5, 0.6) is 0 Å². The Bertz CT molecular complexity index is 1170. The van der Waals surface area contributed by atoms with Gasteiger partial charge in [-0.05, 0) is 32.0 Å². The molecular formula is C19H15F4N5O2. The molecule has 11 heteroatoms. The Balaban J connectivity index is 1.62. The number of aromatic nitrogens is 3. The molecule has 0 saturated carbocycles. The fourth-order valence-electron chi connectivity index (χ4n) is 2.91. The van der Waals surface area contributed by atoms with E-state index in [4.69, 9.17) is 4.74 Å². The van der Waals surface area contributed by atoms with E-state index in [1.165, 1.54) is 24.5 Å². The average Bonchev–Trinajstić information content (AvgIpc) is 3.24. The van der Waals surface area contributed by atoms with Crippen molar-refractivity contribution >= 4 is 23.6 Å². The number of hydrogen-bond acceptors (Lipinski definition) is 5. The molecule has 30 heavy (non-hydrogen) atoms. The number of amides is 1. The molecule has 3 heterocycles. The average molecular weight is 421 g/mol. The molecule has 3 aromatic rings. The standard InChI is InChI=1S/C19H15F4N5O2/c1-18(2)25-7-15(30-18)16(29)26-11-3-4-13(20)12(5-11)14-9-28-8-10(19(21,22)23)6-24-17(28)27-14/h3-9,15H,1-2H3,(H,26,29). The molecule has 1 aliphatic heterocycles. The van der Waals surface area contributed by atoms with Crippen LogP contribution in [0.15, 0.2) is 41.8 Å². The van der Waals surface area contributed by atoms with E-state index in [-0.39, 0.29) is 22.7 Å². The predicted octanol–water partition coefficient (Wildman–Crippen LogP) is 3.70. The Labute approximate surface area is 167 Å². The molecule has 1 aliphatic rings. The molecule has 2 aromatic heterocycles. The van der Waals surface area contributed by atoms with Crippen LogP contribution >= 0.6 is 0 Å². The summed E-state index contributed by atoms with van der Waals surface area (Å²) in [6.07, 6.45) is -1.37. The Morgan fingerprint density at radius 3 is 2.70 bits per heavy atom. The van der Waals surface area contributed by atoms with Crippen molar-refractivity contribution in [2.45, 2.75) is 31.9 Å². The maximum atomic E-state index is 14.4. The van der Waals surface area contributed by atoms with Crippen LogP contribution in [0.3, 0.4) is 0 Å². The van der Waals surface area contributed by atoms with Crippen molar-refractivity contribution in [3.63, 3.8) is 0 Å². The van der Waals surface area contributed by atoms with Gasteiger partial charge in [-0.3, -0.25) is 14.2 Å². The number of rotatable bonds is 3. The van der Waals surface area contributed by atoms with Crippen LogP contribution in [-0.2, 0) is 15.7 Å². The number of carbonyl (C=O) groups is 1. The molecule has 4 rings (SSSR count). The van der Waals surface area contributed by atoms with E-state index in [2.05, 4.69) is 20.3 Å². The van der Waals surface area contributed by atoms with Gasteiger partial charge >= 0.3 is 6.18 Å². The summed E-state index contributed by atoms with van der Waals surface area (Å²) >= 11 is 0. The number of carbonyl (C=O) groups excluding carboxylic acids is 1. The van der Waals surface area contributed by atoms with E-state index < -0.39 is 35.3 Å². The summed E-state index contributed by atoms with van der Waals surface area (Å²) < 4.78 is 59.5. The van der Waals surface area contributed by atoms with Gasteiger partial charge in [0.05, 0.1) is 11.3 Å². The molecule has 0 spiro atoms. The molecule has 0 aliphatic carbocycles. The maximum absolute atomic E-state index is 14.4. The molecule has 0 bridgehead atoms. The Hall–Kier alpha value is -3.34. The van der Waals surface area contributed by atoms with Crippen LogP contribution in [0.4, 0.5) is 23.2 Å². The number of ether oxygens (including phenoxy) is 1. The van der Waals surface area contributed by atoms with Gasteiger partial charge in [0.15, 0.2) is 11.8 Å². The fourth-order valence-corrected chi connectivity index (χ4v) is 2.91. The van der Waals surface area contributed by atoms with Crippen LogP contribution in [0, 0.1) is 5.82 Å². The minimum Gasteiger partial charge on any atom is -0.336 e. The van der Waals surface area contributed by atoms with Crippen molar-refractivity contribution in [2.75, 3.05) is 5.32 Å². The van der Waals surface area contributed by atoms with Crippen LogP contribution in [-0.4, -0.2) is 38.3 Å². The van der Waals surface area contributed by atoms with Gasteiger partial charge < -0.3 is 10.1 Å². The second-order valence-corrected chi connectivity index (χ2v) is 7.12. The monoisotopic (exact) mass is 421 g/mol. The van der Waals surface area contributed by atoms with E-state index in [1.807, 2.05) is 0 Å². The Morgan fingerprint density at radius 1 is 1.27 bits per heavy atom. The molecule has 1 amide bonds. The van der Waals surface area contributed by atoms with Gasteiger partial charge in [-0.15, -0.1) is 0 Å². The van der Waals surface area contributed by atoms with E-state index in [0.29, 0.717) is 6.20 Å². The second-order valence-electron chi connectivity index (χ2n) is 7.12. The molecule has 7 nitrogen and oxygen atoms in total. The van der Waals surface area contributed by atoms with Gasteiger partial charge in [-0.2, -0.15) is 13.2 Å². The molecule has 1 N–H and O–H groups in total. The van der Waals surface area contributed by atoms with Crippen molar-refractivity contribution in [2.24, 2.45) is 4.99 Å². The van der Waals surface area contributed by atoms with E-state index in [0.717, 1.165) is 16.7 Å². The summed E-state index contributed by atoms with van der Waals surface area (Å²) in [7, 11) is 0. The predicted molar refractivity (Wildman–Crippen MR) is 99.5 cm³/mol. The van der Waals surface area contributed by atoms with E-state index in [1.54, 1.807) is 13.8 Å². The zero-order chi connectivity index (χ0) is 21.7. The molecule has 1 unspecified atom stereocenters. The van der Waals surface area contributed by atoms with Gasteiger partial charge in [0.1, 0.15) is 5.82 Å². The number of benzene rings is 1. The SMILES string of the molecule is CC1(C)N=CC(C(=O)Nc2ccc(F)c(-c3cn4cc(C(F)(F)F)cnc4n3)c2)O1. The largest absolute Gasteiger partial charge is 0.419 e. The van der Waals surface area contributed by atoms with Crippen LogP contribution in [0.2, 0.25) is 0 Å². The first-order valence-electron chi connectivity index (χ1n) is 8.78. The molecule has 1 atom stereocenters. The topological polar surface area (TPSA) is 80.9 Å². The normalized spacial score (nSPS) is 18.1. The highest BCUT2D eigenvalue weighted by atomic mass is 19.4. The number of nitrogens with one attached hydrogen (secondary N) is 1. The number of aliphatic imine (C=N–C) groups is 1. The molecule has 156 valence electrons. The van der Waals surface area contributed by atoms with Crippen molar-refractivity contribution in [3.05, 3.63) is 48.2 Å². The summed E-state index contributed by atoms with van der Waals surface area (Å²) in [6, 6.07) is 3.80. The Morgan fingerprint density at radius 2 is 2.03 bits per heavy atom. The van der Waals surface area contributed by atoms with Crippen molar-refractivity contribution in [3.8, 4) is 11.3 Å². The first-order valence-corrected chi connectivity index (χ1v) is 8.78. The zero-order valence-electron chi connectivity index (χ0n) is 15.7. The molecular weight excluding hydrogens is 406 g/mol. The van der Waals surface area contributed by atoms with Crippen LogP contribution < -0.4 is 5.32 Å². The molecule has 1 aromatic carbocycles. The summed E-state index contributed by atoms with van der Waals surface area (Å²) in [5, 5.41) is 2.60. The quantitative estimate of drug-likeness (QED) is 0.654. The third-order valence-electron chi connectivity index (χ3n) is 4.34. The lowest BCUT2D eigenvalue weighted by Crippen LogP contribution is -2.32. The lowest BCUT2D eigenvalue weighted by Gasteiger charge is -2.17. The van der Waals surface area contributed by atoms with Gasteiger partial charge in [-0.1, -0.05) is 0 Å². The number of imidazole rings is 1. The molecule has 0 radical (unpaired) electrons. The highest BCUT2D eigenvalue weighted by Gasteiger charge is 2.33. The molecule has 0 fully saturated rings. The van der Waals surface area contributed by atoms with Crippen molar-refractivity contribution in [1.82, 2.24) is 14.4 Å². The van der Waals surface area contributed by atoms with E-state index in [9.17, 15) is 22.4 Å². The smallest absolute Gasteiger partial charge is 0.336 e. The van der Waals surface area contributed by atoms with Gasteiger partial charge in [-0.25, -0.2) is 14.4 Å². The lowest BCUT2D eigenvalue weighted by atomic mass is 10.1. The number of fused-ring (bicyclic) bond motifs is 1. The number of halogens is 4.